The van der Waals surface area contributed by atoms with Crippen LogP contribution in [0.4, 0.5) is 8.78 Å². The zero-order chi connectivity index (χ0) is 13.3. The number of carbonyl (C=O) groups excluding carboxylic acids is 1. The normalized spacial score (nSPS) is 10.4. The highest BCUT2D eigenvalue weighted by molar-refractivity contribution is 5.95. The van der Waals surface area contributed by atoms with Crippen molar-refractivity contribution in [3.05, 3.63) is 59.2 Å². The number of rotatable bonds is 2. The van der Waals surface area contributed by atoms with E-state index in [1.54, 1.807) is 24.3 Å². The first-order valence-corrected chi connectivity index (χ1v) is 5.56. The number of ketones is 1. The quantitative estimate of drug-likeness (QED) is 0.728. The molecule has 0 aliphatic heterocycles. The van der Waals surface area contributed by atoms with Gasteiger partial charge < -0.3 is 0 Å². The van der Waals surface area contributed by atoms with Crippen LogP contribution in [0.3, 0.4) is 0 Å². The maximum absolute atomic E-state index is 13.8. The van der Waals surface area contributed by atoms with Crippen LogP contribution in [-0.4, -0.2) is 5.78 Å². The van der Waals surface area contributed by atoms with Crippen molar-refractivity contribution in [2.75, 3.05) is 0 Å². The first-order valence-electron chi connectivity index (χ1n) is 5.56. The summed E-state index contributed by atoms with van der Waals surface area (Å²) in [4.78, 5) is 11.3. The molecular formula is C15H12F2O. The average Bonchev–Trinajstić information content (AvgIpc) is 2.34. The third-order valence-corrected chi connectivity index (χ3v) is 2.83. The van der Waals surface area contributed by atoms with Crippen molar-refractivity contribution in [2.45, 2.75) is 13.8 Å². The number of Topliss-reactive ketones (excluding diaryl/α,β-unsaturated/α-hetero) is 1. The van der Waals surface area contributed by atoms with Crippen molar-refractivity contribution in [1.29, 1.82) is 0 Å². The molecule has 3 heteroatoms. The molecule has 0 aromatic heterocycles. The Morgan fingerprint density at radius 2 is 1.78 bits per heavy atom. The molecule has 0 amide bonds. The first kappa shape index (κ1) is 12.4. The minimum atomic E-state index is -0.491. The maximum atomic E-state index is 13.8. The van der Waals surface area contributed by atoms with Gasteiger partial charge in [-0.1, -0.05) is 18.2 Å². The van der Waals surface area contributed by atoms with E-state index in [9.17, 15) is 13.6 Å². The second kappa shape index (κ2) is 4.69. The smallest absolute Gasteiger partial charge is 0.159 e. The van der Waals surface area contributed by atoms with Gasteiger partial charge in [-0.15, -0.1) is 0 Å². The first-order chi connectivity index (χ1) is 8.49. The lowest BCUT2D eigenvalue weighted by Crippen LogP contribution is -1.94. The third-order valence-electron chi connectivity index (χ3n) is 2.83. The summed E-state index contributed by atoms with van der Waals surface area (Å²) in [5.41, 5.74) is 1.41. The molecular weight excluding hydrogens is 234 g/mol. The Bertz CT molecular complexity index is 618. The van der Waals surface area contributed by atoms with Crippen molar-refractivity contribution < 1.29 is 13.6 Å². The van der Waals surface area contributed by atoms with Gasteiger partial charge in [0, 0.05) is 11.1 Å². The molecule has 0 spiro atoms. The molecule has 0 saturated carbocycles. The fraction of sp³-hybridized carbons (Fsp3) is 0.133. The molecule has 0 aliphatic carbocycles. The highest BCUT2D eigenvalue weighted by Gasteiger charge is 2.10. The summed E-state index contributed by atoms with van der Waals surface area (Å²) in [5.74, 6) is -1.06. The summed E-state index contributed by atoms with van der Waals surface area (Å²) < 4.78 is 27.3. The minimum Gasteiger partial charge on any atom is -0.295 e. The van der Waals surface area contributed by atoms with E-state index in [-0.39, 0.29) is 16.9 Å². The van der Waals surface area contributed by atoms with E-state index in [1.165, 1.54) is 13.8 Å². The lowest BCUT2D eigenvalue weighted by Gasteiger charge is -2.07. The zero-order valence-corrected chi connectivity index (χ0v) is 10.1. The van der Waals surface area contributed by atoms with Gasteiger partial charge in [0.25, 0.3) is 0 Å². The van der Waals surface area contributed by atoms with E-state index in [0.717, 1.165) is 12.1 Å². The number of halogens is 2. The van der Waals surface area contributed by atoms with Crippen LogP contribution in [-0.2, 0) is 0 Å². The second-order valence-corrected chi connectivity index (χ2v) is 4.22. The predicted octanol–water partition coefficient (Wildman–Crippen LogP) is 4.14. The molecule has 0 bridgehead atoms. The van der Waals surface area contributed by atoms with Crippen molar-refractivity contribution in [3.63, 3.8) is 0 Å². The van der Waals surface area contributed by atoms with Gasteiger partial charge in [-0.3, -0.25) is 4.79 Å². The van der Waals surface area contributed by atoms with E-state index < -0.39 is 11.6 Å². The Balaban J connectivity index is 2.58. The Hall–Kier alpha value is -2.03. The van der Waals surface area contributed by atoms with Crippen LogP contribution in [0.25, 0.3) is 11.1 Å². The molecule has 0 heterocycles. The molecule has 1 nitrogen and oxygen atoms in total. The van der Waals surface area contributed by atoms with E-state index in [0.29, 0.717) is 11.1 Å². The molecule has 2 rings (SSSR count). The summed E-state index contributed by atoms with van der Waals surface area (Å²) in [7, 11) is 0. The van der Waals surface area contributed by atoms with Gasteiger partial charge in [-0.2, -0.15) is 0 Å². The Morgan fingerprint density at radius 1 is 1.06 bits per heavy atom. The number of carbonyl (C=O) groups is 1. The van der Waals surface area contributed by atoms with Gasteiger partial charge in [-0.25, -0.2) is 8.78 Å². The van der Waals surface area contributed by atoms with Crippen LogP contribution in [0.1, 0.15) is 22.8 Å². The number of hydrogen-bond donors (Lipinski definition) is 0. The molecule has 18 heavy (non-hydrogen) atoms. The summed E-state index contributed by atoms with van der Waals surface area (Å²) in [6.45, 7) is 2.94. The summed E-state index contributed by atoms with van der Waals surface area (Å²) >= 11 is 0. The van der Waals surface area contributed by atoms with Crippen LogP contribution in [0.2, 0.25) is 0 Å². The van der Waals surface area contributed by atoms with Crippen LogP contribution in [0.5, 0.6) is 0 Å². The monoisotopic (exact) mass is 246 g/mol. The van der Waals surface area contributed by atoms with E-state index in [1.807, 2.05) is 0 Å². The van der Waals surface area contributed by atoms with Crippen molar-refractivity contribution >= 4 is 5.78 Å². The van der Waals surface area contributed by atoms with Gasteiger partial charge in [0.05, 0.1) is 0 Å². The summed E-state index contributed by atoms with van der Waals surface area (Å²) in [6, 6.07) is 8.84. The van der Waals surface area contributed by atoms with Gasteiger partial charge in [-0.05, 0) is 43.2 Å². The molecule has 92 valence electrons. The maximum Gasteiger partial charge on any atom is 0.159 e. The topological polar surface area (TPSA) is 17.1 Å². The summed E-state index contributed by atoms with van der Waals surface area (Å²) in [5, 5.41) is 0. The molecule has 0 N–H and O–H groups in total. The molecule has 0 unspecified atom stereocenters. The second-order valence-electron chi connectivity index (χ2n) is 4.22. The van der Waals surface area contributed by atoms with Crippen molar-refractivity contribution in [3.8, 4) is 11.1 Å². The number of aryl methyl sites for hydroxylation is 1. The molecule has 2 aromatic rings. The molecule has 0 radical (unpaired) electrons. The van der Waals surface area contributed by atoms with Crippen molar-refractivity contribution in [2.24, 2.45) is 0 Å². The lowest BCUT2D eigenvalue weighted by atomic mass is 10.00. The minimum absolute atomic E-state index is 0.107. The highest BCUT2D eigenvalue weighted by atomic mass is 19.1. The van der Waals surface area contributed by atoms with Crippen molar-refractivity contribution in [1.82, 2.24) is 0 Å². The molecule has 0 saturated heterocycles. The average molecular weight is 246 g/mol. The zero-order valence-electron chi connectivity index (χ0n) is 10.1. The summed E-state index contributed by atoms with van der Waals surface area (Å²) in [6.07, 6.45) is 0. The van der Waals surface area contributed by atoms with Crippen LogP contribution in [0, 0.1) is 18.6 Å². The van der Waals surface area contributed by atoms with E-state index >= 15 is 0 Å². The standard InChI is InChI=1S/C15H12F2O/c1-9-6-15(17)13(8-14(9)16)12-5-3-4-11(7-12)10(2)18/h3-8H,1-2H3. The largest absolute Gasteiger partial charge is 0.295 e. The molecule has 2 aromatic carbocycles. The highest BCUT2D eigenvalue weighted by Crippen LogP contribution is 2.26. The number of benzene rings is 2. The van der Waals surface area contributed by atoms with Crippen LogP contribution < -0.4 is 0 Å². The number of hydrogen-bond acceptors (Lipinski definition) is 1. The van der Waals surface area contributed by atoms with Gasteiger partial charge in [0.2, 0.25) is 0 Å². The van der Waals surface area contributed by atoms with Crippen LogP contribution in [0.15, 0.2) is 36.4 Å². The lowest BCUT2D eigenvalue weighted by molar-refractivity contribution is 0.101. The Labute approximate surface area is 104 Å². The molecule has 0 atom stereocenters. The van der Waals surface area contributed by atoms with E-state index in [4.69, 9.17) is 0 Å². The van der Waals surface area contributed by atoms with Gasteiger partial charge >= 0.3 is 0 Å². The van der Waals surface area contributed by atoms with Gasteiger partial charge in [0.1, 0.15) is 11.6 Å². The third kappa shape index (κ3) is 2.30. The van der Waals surface area contributed by atoms with E-state index in [2.05, 4.69) is 0 Å². The molecule has 0 aliphatic rings. The van der Waals surface area contributed by atoms with Gasteiger partial charge in [0.15, 0.2) is 5.78 Å². The Kier molecular flexibility index (Phi) is 3.24. The van der Waals surface area contributed by atoms with Crippen LogP contribution >= 0.6 is 0 Å². The fourth-order valence-electron chi connectivity index (χ4n) is 1.77. The SMILES string of the molecule is CC(=O)c1cccc(-c2cc(F)c(C)cc2F)c1. The predicted molar refractivity (Wildman–Crippen MR) is 66.5 cm³/mol. The molecule has 0 fully saturated rings. The Morgan fingerprint density at radius 3 is 2.44 bits per heavy atom. The fourth-order valence-corrected chi connectivity index (χ4v) is 1.77.